The van der Waals surface area contributed by atoms with Crippen LogP contribution in [0.1, 0.15) is 16.7 Å². The molecule has 0 spiro atoms. The minimum absolute atomic E-state index is 0.0421. The first-order valence-corrected chi connectivity index (χ1v) is 7.50. The van der Waals surface area contributed by atoms with Gasteiger partial charge in [0.25, 0.3) is 0 Å². The molecule has 0 saturated carbocycles. The second kappa shape index (κ2) is 8.50. The number of aliphatic hydroxyl groups excluding tert-OH is 1. The maximum absolute atomic E-state index is 13.5. The summed E-state index contributed by atoms with van der Waals surface area (Å²) in [6.07, 6.45) is 0. The first-order chi connectivity index (χ1) is 11.1. The van der Waals surface area contributed by atoms with Crippen LogP contribution in [0.2, 0.25) is 0 Å². The third-order valence-electron chi connectivity index (χ3n) is 3.47. The number of hydrogen-bond acceptors (Lipinski definition) is 4. The first-order valence-electron chi connectivity index (χ1n) is 7.50. The van der Waals surface area contributed by atoms with Crippen LogP contribution in [0.5, 0.6) is 11.5 Å². The summed E-state index contributed by atoms with van der Waals surface area (Å²) in [4.78, 5) is 0. The summed E-state index contributed by atoms with van der Waals surface area (Å²) < 4.78 is 24.2. The third kappa shape index (κ3) is 4.94. The molecule has 124 valence electrons. The van der Waals surface area contributed by atoms with Gasteiger partial charge in [0, 0.05) is 13.1 Å². The molecule has 2 aromatic carbocycles. The predicted molar refractivity (Wildman–Crippen MR) is 87.3 cm³/mol. The van der Waals surface area contributed by atoms with Crippen LogP contribution in [0, 0.1) is 12.7 Å². The topological polar surface area (TPSA) is 50.7 Å². The molecule has 2 rings (SSSR count). The summed E-state index contributed by atoms with van der Waals surface area (Å²) in [5, 5.41) is 12.1. The zero-order valence-electron chi connectivity index (χ0n) is 13.4. The number of nitrogens with one attached hydrogen (secondary N) is 1. The summed E-state index contributed by atoms with van der Waals surface area (Å²) in [7, 11) is 1.58. The van der Waals surface area contributed by atoms with Gasteiger partial charge in [0.15, 0.2) is 11.5 Å². The van der Waals surface area contributed by atoms with E-state index in [0.29, 0.717) is 30.2 Å². The highest BCUT2D eigenvalue weighted by molar-refractivity contribution is 5.43. The van der Waals surface area contributed by atoms with Gasteiger partial charge in [-0.1, -0.05) is 18.2 Å². The fraction of sp³-hybridized carbons (Fsp3) is 0.333. The summed E-state index contributed by atoms with van der Waals surface area (Å²) in [6.45, 7) is 3.15. The van der Waals surface area contributed by atoms with E-state index < -0.39 is 0 Å². The lowest BCUT2D eigenvalue weighted by Gasteiger charge is -2.12. The average Bonchev–Trinajstić information content (AvgIpc) is 2.56. The minimum atomic E-state index is -0.184. The lowest BCUT2D eigenvalue weighted by molar-refractivity contribution is 0.196. The summed E-state index contributed by atoms with van der Waals surface area (Å²) >= 11 is 0. The molecule has 0 atom stereocenters. The van der Waals surface area contributed by atoms with Crippen molar-refractivity contribution < 1.29 is 19.0 Å². The third-order valence-corrected chi connectivity index (χ3v) is 3.47. The standard InChI is InChI=1S/C18H22FNO3/c1-13-3-4-14(9-16(13)19)11-20-12-15-5-6-17(23-8-7-21)18(10-15)22-2/h3-6,9-10,20-21H,7-8,11-12H2,1-2H3. The van der Waals surface area contributed by atoms with E-state index in [-0.39, 0.29) is 19.0 Å². The van der Waals surface area contributed by atoms with E-state index in [1.165, 1.54) is 0 Å². The summed E-state index contributed by atoms with van der Waals surface area (Å²) in [5.41, 5.74) is 2.59. The van der Waals surface area contributed by atoms with Gasteiger partial charge in [-0.3, -0.25) is 0 Å². The average molecular weight is 319 g/mol. The molecule has 0 heterocycles. The monoisotopic (exact) mass is 319 g/mol. The highest BCUT2D eigenvalue weighted by Crippen LogP contribution is 2.28. The van der Waals surface area contributed by atoms with Crippen molar-refractivity contribution in [2.24, 2.45) is 0 Å². The molecule has 0 aliphatic heterocycles. The minimum Gasteiger partial charge on any atom is -0.493 e. The van der Waals surface area contributed by atoms with Gasteiger partial charge in [-0.05, 0) is 41.8 Å². The van der Waals surface area contributed by atoms with Crippen molar-refractivity contribution in [1.82, 2.24) is 5.32 Å². The van der Waals surface area contributed by atoms with Gasteiger partial charge in [-0.2, -0.15) is 0 Å². The van der Waals surface area contributed by atoms with Crippen LogP contribution in [-0.4, -0.2) is 25.4 Å². The number of benzene rings is 2. The van der Waals surface area contributed by atoms with E-state index in [1.807, 2.05) is 24.3 Å². The zero-order chi connectivity index (χ0) is 16.7. The Bertz CT molecular complexity index is 646. The van der Waals surface area contributed by atoms with Gasteiger partial charge in [0.1, 0.15) is 12.4 Å². The molecule has 23 heavy (non-hydrogen) atoms. The van der Waals surface area contributed by atoms with Gasteiger partial charge in [-0.15, -0.1) is 0 Å². The molecule has 0 bridgehead atoms. The molecule has 2 aromatic rings. The molecule has 2 N–H and O–H groups in total. The Labute approximate surface area is 135 Å². The molecular formula is C18H22FNO3. The van der Waals surface area contributed by atoms with Gasteiger partial charge in [-0.25, -0.2) is 4.39 Å². The molecule has 0 fully saturated rings. The van der Waals surface area contributed by atoms with Crippen molar-refractivity contribution in [3.8, 4) is 11.5 Å². The van der Waals surface area contributed by atoms with Crippen LogP contribution in [-0.2, 0) is 13.1 Å². The van der Waals surface area contributed by atoms with Crippen LogP contribution in [0.25, 0.3) is 0 Å². The van der Waals surface area contributed by atoms with Crippen molar-refractivity contribution in [1.29, 1.82) is 0 Å². The van der Waals surface area contributed by atoms with E-state index in [1.54, 1.807) is 26.2 Å². The lowest BCUT2D eigenvalue weighted by atomic mass is 10.1. The van der Waals surface area contributed by atoms with Crippen molar-refractivity contribution in [2.75, 3.05) is 20.3 Å². The molecular weight excluding hydrogens is 297 g/mol. The number of hydrogen-bond donors (Lipinski definition) is 2. The zero-order valence-corrected chi connectivity index (χ0v) is 13.4. The maximum atomic E-state index is 13.5. The summed E-state index contributed by atoms with van der Waals surface area (Å²) in [5.74, 6) is 1.04. The molecule has 0 aliphatic rings. The first kappa shape index (κ1) is 17.2. The van der Waals surface area contributed by atoms with Crippen molar-refractivity contribution in [3.05, 3.63) is 58.9 Å². The molecule has 0 aliphatic carbocycles. The molecule has 0 saturated heterocycles. The molecule has 0 amide bonds. The van der Waals surface area contributed by atoms with Gasteiger partial charge >= 0.3 is 0 Å². The molecule has 0 radical (unpaired) electrons. The molecule has 0 aromatic heterocycles. The number of halogens is 1. The number of aryl methyl sites for hydroxylation is 1. The van der Waals surface area contributed by atoms with Gasteiger partial charge in [0.05, 0.1) is 13.7 Å². The quantitative estimate of drug-likeness (QED) is 0.785. The predicted octanol–water partition coefficient (Wildman–Crippen LogP) is 2.80. The van der Waals surface area contributed by atoms with Crippen molar-refractivity contribution in [2.45, 2.75) is 20.0 Å². The fourth-order valence-electron chi connectivity index (χ4n) is 2.19. The lowest BCUT2D eigenvalue weighted by Crippen LogP contribution is -2.13. The van der Waals surface area contributed by atoms with Crippen LogP contribution >= 0.6 is 0 Å². The smallest absolute Gasteiger partial charge is 0.161 e. The van der Waals surface area contributed by atoms with E-state index in [9.17, 15) is 4.39 Å². The molecule has 0 unspecified atom stereocenters. The second-order valence-corrected chi connectivity index (χ2v) is 5.24. The number of ether oxygens (including phenoxy) is 2. The Balaban J connectivity index is 1.93. The largest absolute Gasteiger partial charge is 0.493 e. The number of rotatable bonds is 8. The van der Waals surface area contributed by atoms with Crippen LogP contribution in [0.3, 0.4) is 0 Å². The summed E-state index contributed by atoms with van der Waals surface area (Å²) in [6, 6.07) is 10.9. The molecule has 4 nitrogen and oxygen atoms in total. The maximum Gasteiger partial charge on any atom is 0.161 e. The fourth-order valence-corrected chi connectivity index (χ4v) is 2.19. The van der Waals surface area contributed by atoms with Crippen molar-refractivity contribution in [3.63, 3.8) is 0 Å². The highest BCUT2D eigenvalue weighted by atomic mass is 19.1. The second-order valence-electron chi connectivity index (χ2n) is 5.24. The Morgan fingerprint density at radius 3 is 2.39 bits per heavy atom. The van der Waals surface area contributed by atoms with E-state index in [0.717, 1.165) is 11.1 Å². The Morgan fingerprint density at radius 1 is 1.04 bits per heavy atom. The highest BCUT2D eigenvalue weighted by Gasteiger charge is 2.06. The molecule has 5 heteroatoms. The number of methoxy groups -OCH3 is 1. The van der Waals surface area contributed by atoms with E-state index >= 15 is 0 Å². The van der Waals surface area contributed by atoms with Crippen molar-refractivity contribution >= 4 is 0 Å². The van der Waals surface area contributed by atoms with Crippen LogP contribution < -0.4 is 14.8 Å². The Morgan fingerprint density at radius 2 is 1.74 bits per heavy atom. The SMILES string of the molecule is COc1cc(CNCc2ccc(C)c(F)c2)ccc1OCCO. The normalized spacial score (nSPS) is 10.6. The van der Waals surface area contributed by atoms with Crippen LogP contribution in [0.15, 0.2) is 36.4 Å². The Kier molecular flexibility index (Phi) is 6.38. The van der Waals surface area contributed by atoms with Gasteiger partial charge < -0.3 is 19.9 Å². The number of aliphatic hydroxyl groups is 1. The van der Waals surface area contributed by atoms with Crippen LogP contribution in [0.4, 0.5) is 4.39 Å². The Hall–Kier alpha value is -2.11. The van der Waals surface area contributed by atoms with Gasteiger partial charge in [0.2, 0.25) is 0 Å². The van der Waals surface area contributed by atoms with E-state index in [4.69, 9.17) is 14.6 Å². The van der Waals surface area contributed by atoms with E-state index in [2.05, 4.69) is 5.32 Å².